The summed E-state index contributed by atoms with van der Waals surface area (Å²) in [6.07, 6.45) is 0.825. The first-order chi connectivity index (χ1) is 10.1. The standard InChI is InChI=1S/C17H21N3O/c1-20(2)16-10-6-9-15(13-16)19-17(21)18-12-11-14-7-4-3-5-8-14/h3-10,13H,11-12H2,1-2H3,(H2,18,19,21). The van der Waals surface area contributed by atoms with Crippen LogP contribution in [0.1, 0.15) is 5.56 Å². The largest absolute Gasteiger partial charge is 0.378 e. The van der Waals surface area contributed by atoms with Gasteiger partial charge in [-0.1, -0.05) is 36.4 Å². The number of rotatable bonds is 5. The van der Waals surface area contributed by atoms with Gasteiger partial charge in [0.25, 0.3) is 0 Å². The highest BCUT2D eigenvalue weighted by molar-refractivity contribution is 5.89. The summed E-state index contributed by atoms with van der Waals surface area (Å²) >= 11 is 0. The number of amides is 2. The first kappa shape index (κ1) is 14.9. The Labute approximate surface area is 125 Å². The van der Waals surface area contributed by atoms with Gasteiger partial charge in [0.1, 0.15) is 0 Å². The van der Waals surface area contributed by atoms with Crippen LogP contribution in [0.15, 0.2) is 54.6 Å². The number of nitrogens with one attached hydrogen (secondary N) is 2. The smallest absolute Gasteiger partial charge is 0.319 e. The third-order valence-electron chi connectivity index (χ3n) is 3.16. The third-order valence-corrected chi connectivity index (χ3v) is 3.16. The summed E-state index contributed by atoms with van der Waals surface area (Å²) in [6.45, 7) is 0.614. The van der Waals surface area contributed by atoms with Crippen LogP contribution in [-0.2, 0) is 6.42 Å². The molecule has 4 heteroatoms. The number of anilines is 2. The van der Waals surface area contributed by atoms with Crippen LogP contribution in [0.3, 0.4) is 0 Å². The van der Waals surface area contributed by atoms with E-state index in [1.807, 2.05) is 61.5 Å². The molecule has 2 aromatic rings. The second kappa shape index (κ2) is 7.33. The Morgan fingerprint density at radius 1 is 1.05 bits per heavy atom. The summed E-state index contributed by atoms with van der Waals surface area (Å²) in [5.41, 5.74) is 3.06. The van der Waals surface area contributed by atoms with Crippen LogP contribution in [-0.4, -0.2) is 26.7 Å². The predicted octanol–water partition coefficient (Wildman–Crippen LogP) is 3.12. The van der Waals surface area contributed by atoms with Gasteiger partial charge in [-0.15, -0.1) is 0 Å². The molecule has 0 heterocycles. The van der Waals surface area contributed by atoms with Gasteiger partial charge in [-0.05, 0) is 30.2 Å². The summed E-state index contributed by atoms with van der Waals surface area (Å²) < 4.78 is 0. The van der Waals surface area contributed by atoms with Gasteiger partial charge in [-0.3, -0.25) is 0 Å². The molecule has 0 aliphatic carbocycles. The van der Waals surface area contributed by atoms with Crippen LogP contribution >= 0.6 is 0 Å². The average Bonchev–Trinajstić information content (AvgIpc) is 2.48. The number of carbonyl (C=O) groups is 1. The first-order valence-corrected chi connectivity index (χ1v) is 7.01. The average molecular weight is 283 g/mol. The fourth-order valence-electron chi connectivity index (χ4n) is 2.00. The molecule has 2 aromatic carbocycles. The molecule has 0 spiro atoms. The monoisotopic (exact) mass is 283 g/mol. The molecule has 110 valence electrons. The van der Waals surface area contributed by atoms with Crippen LogP contribution in [0, 0.1) is 0 Å². The second-order valence-corrected chi connectivity index (χ2v) is 5.06. The van der Waals surface area contributed by atoms with Crippen molar-refractivity contribution in [2.24, 2.45) is 0 Å². The summed E-state index contributed by atoms with van der Waals surface area (Å²) in [6, 6.07) is 17.7. The van der Waals surface area contributed by atoms with E-state index >= 15 is 0 Å². The fraction of sp³-hybridized carbons (Fsp3) is 0.235. The van der Waals surface area contributed by atoms with Crippen LogP contribution in [0.25, 0.3) is 0 Å². The third kappa shape index (κ3) is 4.84. The Morgan fingerprint density at radius 2 is 1.81 bits per heavy atom. The molecule has 0 bridgehead atoms. The maximum atomic E-state index is 11.8. The van der Waals surface area contributed by atoms with Crippen molar-refractivity contribution in [1.29, 1.82) is 0 Å². The van der Waals surface area contributed by atoms with Crippen molar-refractivity contribution in [1.82, 2.24) is 5.32 Å². The Morgan fingerprint density at radius 3 is 2.52 bits per heavy atom. The normalized spacial score (nSPS) is 10.0. The van der Waals surface area contributed by atoms with Gasteiger partial charge in [0, 0.05) is 32.0 Å². The predicted molar refractivity (Wildman–Crippen MR) is 87.9 cm³/mol. The molecule has 21 heavy (non-hydrogen) atoms. The lowest BCUT2D eigenvalue weighted by Crippen LogP contribution is -2.30. The van der Waals surface area contributed by atoms with Gasteiger partial charge in [0.15, 0.2) is 0 Å². The van der Waals surface area contributed by atoms with E-state index in [9.17, 15) is 4.79 Å². The van der Waals surface area contributed by atoms with Gasteiger partial charge in [0.05, 0.1) is 0 Å². The summed E-state index contributed by atoms with van der Waals surface area (Å²) in [5, 5.41) is 5.71. The Bertz CT molecular complexity index is 582. The van der Waals surface area contributed by atoms with E-state index in [-0.39, 0.29) is 6.03 Å². The number of carbonyl (C=O) groups excluding carboxylic acids is 1. The zero-order valence-corrected chi connectivity index (χ0v) is 12.5. The Kier molecular flexibility index (Phi) is 5.21. The van der Waals surface area contributed by atoms with Crippen molar-refractivity contribution < 1.29 is 4.79 Å². The highest BCUT2D eigenvalue weighted by Gasteiger charge is 2.03. The topological polar surface area (TPSA) is 44.4 Å². The van der Waals surface area contributed by atoms with Gasteiger partial charge in [0.2, 0.25) is 0 Å². The molecule has 0 aliphatic rings. The van der Waals surface area contributed by atoms with Crippen LogP contribution < -0.4 is 15.5 Å². The zero-order chi connectivity index (χ0) is 15.1. The van der Waals surface area contributed by atoms with E-state index in [1.54, 1.807) is 0 Å². The minimum atomic E-state index is -0.179. The number of urea groups is 1. The fourth-order valence-corrected chi connectivity index (χ4v) is 2.00. The molecule has 0 saturated heterocycles. The van der Waals surface area contributed by atoms with Crippen LogP contribution in [0.2, 0.25) is 0 Å². The molecule has 2 amide bonds. The number of hydrogen-bond donors (Lipinski definition) is 2. The molecule has 0 aromatic heterocycles. The number of benzene rings is 2. The van der Waals surface area contributed by atoms with E-state index in [4.69, 9.17) is 0 Å². The molecule has 2 rings (SSSR count). The van der Waals surface area contributed by atoms with Gasteiger partial charge in [-0.2, -0.15) is 0 Å². The van der Waals surface area contributed by atoms with E-state index in [0.717, 1.165) is 17.8 Å². The molecule has 2 N–H and O–H groups in total. The van der Waals surface area contributed by atoms with E-state index in [0.29, 0.717) is 6.54 Å². The highest BCUT2D eigenvalue weighted by atomic mass is 16.2. The zero-order valence-electron chi connectivity index (χ0n) is 12.5. The maximum absolute atomic E-state index is 11.8. The molecule has 0 aliphatic heterocycles. The van der Waals surface area contributed by atoms with Gasteiger partial charge >= 0.3 is 6.03 Å². The van der Waals surface area contributed by atoms with E-state index in [1.165, 1.54) is 5.56 Å². The van der Waals surface area contributed by atoms with Crippen molar-refractivity contribution in [3.05, 3.63) is 60.2 Å². The lowest BCUT2D eigenvalue weighted by atomic mass is 10.1. The molecule has 0 atom stereocenters. The Balaban J connectivity index is 1.80. The minimum absolute atomic E-state index is 0.179. The van der Waals surface area contributed by atoms with Crippen molar-refractivity contribution in [3.8, 4) is 0 Å². The second-order valence-electron chi connectivity index (χ2n) is 5.06. The molecule has 0 unspecified atom stereocenters. The summed E-state index contributed by atoms with van der Waals surface area (Å²) in [7, 11) is 3.94. The maximum Gasteiger partial charge on any atom is 0.319 e. The van der Waals surface area contributed by atoms with E-state index < -0.39 is 0 Å². The van der Waals surface area contributed by atoms with Crippen LogP contribution in [0.5, 0.6) is 0 Å². The van der Waals surface area contributed by atoms with Crippen molar-refractivity contribution in [2.75, 3.05) is 30.9 Å². The lowest BCUT2D eigenvalue weighted by molar-refractivity contribution is 0.252. The number of hydrogen-bond acceptors (Lipinski definition) is 2. The van der Waals surface area contributed by atoms with Crippen molar-refractivity contribution in [3.63, 3.8) is 0 Å². The molecule has 0 saturated carbocycles. The lowest BCUT2D eigenvalue weighted by Gasteiger charge is -2.14. The summed E-state index contributed by atoms with van der Waals surface area (Å²) in [5.74, 6) is 0. The minimum Gasteiger partial charge on any atom is -0.378 e. The van der Waals surface area contributed by atoms with Crippen LogP contribution in [0.4, 0.5) is 16.2 Å². The van der Waals surface area contributed by atoms with Crippen molar-refractivity contribution >= 4 is 17.4 Å². The number of nitrogens with zero attached hydrogens (tertiary/aromatic N) is 1. The molecule has 0 fully saturated rings. The van der Waals surface area contributed by atoms with Gasteiger partial charge < -0.3 is 15.5 Å². The molecule has 4 nitrogen and oxygen atoms in total. The first-order valence-electron chi connectivity index (χ1n) is 7.01. The quantitative estimate of drug-likeness (QED) is 0.885. The Hall–Kier alpha value is -2.49. The van der Waals surface area contributed by atoms with Gasteiger partial charge in [-0.25, -0.2) is 4.79 Å². The molecular weight excluding hydrogens is 262 g/mol. The van der Waals surface area contributed by atoms with Crippen molar-refractivity contribution in [2.45, 2.75) is 6.42 Å². The summed E-state index contributed by atoms with van der Waals surface area (Å²) in [4.78, 5) is 13.8. The molecular formula is C17H21N3O. The SMILES string of the molecule is CN(C)c1cccc(NC(=O)NCCc2ccccc2)c1. The highest BCUT2D eigenvalue weighted by Crippen LogP contribution is 2.16. The van der Waals surface area contributed by atoms with E-state index in [2.05, 4.69) is 22.8 Å². The molecule has 0 radical (unpaired) electrons.